The van der Waals surface area contributed by atoms with Crippen LogP contribution in [0.4, 0.5) is 0 Å². The number of hydrogen-bond donors (Lipinski definition) is 2. The molecule has 0 aromatic rings. The fourth-order valence-electron chi connectivity index (χ4n) is 3.80. The summed E-state index contributed by atoms with van der Waals surface area (Å²) in [5, 5.41) is -0.319. The van der Waals surface area contributed by atoms with E-state index in [4.69, 9.17) is 32.3 Å². The number of hydrogen-bond acceptors (Lipinski definition) is 12. The Bertz CT molecular complexity index is 833. The lowest BCUT2D eigenvalue weighted by atomic mass is 10.2. The minimum Gasteiger partial charge on any atom is -0.382 e. The molecule has 15 heteroatoms. The zero-order valence-corrected chi connectivity index (χ0v) is 25.0. The fraction of sp³-hybridized carbons (Fsp3) is 0.826. The summed E-state index contributed by atoms with van der Waals surface area (Å²) in [7, 11) is -3.52. The van der Waals surface area contributed by atoms with Gasteiger partial charge in [0.1, 0.15) is 6.10 Å². The summed E-state index contributed by atoms with van der Waals surface area (Å²) in [6.07, 6.45) is 10.5. The molecule has 0 saturated carbocycles. The van der Waals surface area contributed by atoms with E-state index >= 15 is 0 Å². The van der Waals surface area contributed by atoms with Gasteiger partial charge in [-0.25, -0.2) is 0 Å². The molecule has 2 fully saturated rings. The van der Waals surface area contributed by atoms with Crippen molar-refractivity contribution in [2.24, 2.45) is 0 Å². The quantitative estimate of drug-likeness (QED) is 0.113. The smallest absolute Gasteiger partial charge is 0.248 e. The maximum Gasteiger partial charge on any atom is 0.248 e. The van der Waals surface area contributed by atoms with E-state index in [1.807, 2.05) is 0 Å². The van der Waals surface area contributed by atoms with E-state index in [0.29, 0.717) is 39.5 Å². The van der Waals surface area contributed by atoms with Gasteiger partial charge in [-0.05, 0) is 31.2 Å². The van der Waals surface area contributed by atoms with E-state index in [0.717, 1.165) is 31.4 Å². The van der Waals surface area contributed by atoms with Crippen LogP contribution in [0.25, 0.3) is 0 Å². The zero-order chi connectivity index (χ0) is 28.0. The highest BCUT2D eigenvalue weighted by atomic mass is 32.2. The van der Waals surface area contributed by atoms with E-state index in [1.54, 1.807) is 7.11 Å². The van der Waals surface area contributed by atoms with Crippen LogP contribution >= 0.6 is 26.9 Å². The number of methoxy groups -OCH3 is 1. The molecule has 0 radical (unpaired) electrons. The van der Waals surface area contributed by atoms with E-state index < -0.39 is 27.3 Å². The Morgan fingerprint density at radius 2 is 1.79 bits per heavy atom. The molecule has 38 heavy (non-hydrogen) atoms. The summed E-state index contributed by atoms with van der Waals surface area (Å²) in [5.74, 6) is 0.510. The first kappa shape index (κ1) is 33.9. The van der Waals surface area contributed by atoms with Crippen molar-refractivity contribution in [3.8, 4) is 0 Å². The van der Waals surface area contributed by atoms with Crippen LogP contribution in [0.5, 0.6) is 0 Å². The molecule has 0 aromatic carbocycles. The molecule has 0 aromatic heterocycles. The highest BCUT2D eigenvalue weighted by Crippen LogP contribution is 2.47. The highest BCUT2D eigenvalue weighted by Gasteiger charge is 2.38. The normalized spacial score (nSPS) is 25.2. The fourth-order valence-corrected chi connectivity index (χ4v) is 6.60. The Morgan fingerprint density at radius 1 is 1.03 bits per heavy atom. The van der Waals surface area contributed by atoms with Crippen molar-refractivity contribution in [2.75, 3.05) is 66.2 Å². The van der Waals surface area contributed by atoms with Crippen molar-refractivity contribution in [1.29, 1.82) is 0 Å². The molecule has 2 aliphatic rings. The molecule has 0 aliphatic carbocycles. The zero-order valence-electron chi connectivity index (χ0n) is 22.4. The predicted octanol–water partition coefficient (Wildman–Crippen LogP) is 2.30. The first-order valence-corrected chi connectivity index (χ1v) is 17.3. The largest absolute Gasteiger partial charge is 0.382 e. The molecule has 2 amide bonds. The highest BCUT2D eigenvalue weighted by molar-refractivity contribution is 8.00. The van der Waals surface area contributed by atoms with E-state index in [1.165, 1.54) is 23.8 Å². The van der Waals surface area contributed by atoms with Crippen LogP contribution in [0, 0.1) is 0 Å². The number of ether oxygens (including phenoxy) is 3. The van der Waals surface area contributed by atoms with E-state index in [2.05, 4.69) is 12.6 Å². The van der Waals surface area contributed by atoms with Crippen molar-refractivity contribution in [3.05, 3.63) is 0 Å². The van der Waals surface area contributed by atoms with Crippen LogP contribution in [-0.4, -0.2) is 123 Å². The Kier molecular flexibility index (Phi) is 15.6. The van der Waals surface area contributed by atoms with Gasteiger partial charge in [0, 0.05) is 33.7 Å². The molecular weight excluding hydrogens is 560 g/mol. The third kappa shape index (κ3) is 12.5. The summed E-state index contributed by atoms with van der Waals surface area (Å²) in [4.78, 5) is 46.2. The Balaban J connectivity index is 1.52. The molecule has 2 heterocycles. The van der Waals surface area contributed by atoms with Crippen molar-refractivity contribution in [3.63, 3.8) is 0 Å². The lowest BCUT2D eigenvalue weighted by Crippen LogP contribution is -2.34. The summed E-state index contributed by atoms with van der Waals surface area (Å²) in [6.45, 7) is 2.25. The first-order valence-electron chi connectivity index (χ1n) is 12.7. The third-order valence-corrected chi connectivity index (χ3v) is 9.52. The van der Waals surface area contributed by atoms with Gasteiger partial charge >= 0.3 is 0 Å². The molecule has 0 spiro atoms. The summed E-state index contributed by atoms with van der Waals surface area (Å²) in [5.41, 5.74) is 0. The van der Waals surface area contributed by atoms with Crippen molar-refractivity contribution in [2.45, 2.75) is 56.0 Å². The topological polar surface area (TPSA) is 142 Å². The number of thioether (sulfide) groups is 1. The van der Waals surface area contributed by atoms with Gasteiger partial charge in [0.25, 0.3) is 0 Å². The molecule has 5 atom stereocenters. The summed E-state index contributed by atoms with van der Waals surface area (Å²) in [6, 6.07) is 0. The molecule has 0 bridgehead atoms. The van der Waals surface area contributed by atoms with Crippen LogP contribution in [0.2, 0.25) is 0 Å². The molecule has 12 nitrogen and oxygen atoms in total. The minimum atomic E-state index is -3.27. The van der Waals surface area contributed by atoms with Gasteiger partial charge in [-0.3, -0.25) is 14.5 Å². The van der Waals surface area contributed by atoms with Crippen LogP contribution in [0.3, 0.4) is 0 Å². The number of likely N-dealkylation sites (tertiary alicyclic amines) is 1. The second kappa shape index (κ2) is 17.5. The van der Waals surface area contributed by atoms with E-state index in [9.17, 15) is 19.4 Å². The lowest BCUT2D eigenvalue weighted by molar-refractivity contribution is -0.139. The lowest BCUT2D eigenvalue weighted by Gasteiger charge is -2.26. The molecule has 5 unspecified atom stereocenters. The van der Waals surface area contributed by atoms with Gasteiger partial charge in [-0.2, -0.15) is 0 Å². The van der Waals surface area contributed by atoms with Crippen LogP contribution in [0.1, 0.15) is 38.5 Å². The van der Waals surface area contributed by atoms with Crippen LogP contribution in [-0.2, 0) is 41.9 Å². The standard InChI is InChI=1S/C23H43NO11P2S/c1-29-14-15-31-13-10-24-22(25)17-21(23(24)26)38-16-8-6-5-7-11-33-37(4,28)34-18-20-19(9-12-32-20)35-36(3,27)30-2/h19-21,27-28H,3-18H2,1-2H3. The average Bonchev–Trinajstić information content (AvgIpc) is 3.42. The third-order valence-electron chi connectivity index (χ3n) is 5.92. The second-order valence-corrected chi connectivity index (χ2v) is 13.8. The summed E-state index contributed by atoms with van der Waals surface area (Å²) >= 11 is 1.52. The predicted molar refractivity (Wildman–Crippen MR) is 149 cm³/mol. The first-order chi connectivity index (χ1) is 18.1. The average molecular weight is 604 g/mol. The van der Waals surface area contributed by atoms with Gasteiger partial charge < -0.3 is 42.1 Å². The van der Waals surface area contributed by atoms with Crippen molar-refractivity contribution < 1.29 is 51.7 Å². The van der Waals surface area contributed by atoms with Gasteiger partial charge in [0.2, 0.25) is 26.9 Å². The van der Waals surface area contributed by atoms with Gasteiger partial charge in [0.15, 0.2) is 0 Å². The monoisotopic (exact) mass is 603 g/mol. The SMILES string of the molecule is C=P(O)(OCCCCCCSC1CC(=O)N(CCOCCOC)C1=O)OCC1OCCC1OP(=C)(O)OC. The van der Waals surface area contributed by atoms with Gasteiger partial charge in [0.05, 0.1) is 50.9 Å². The number of carbonyl (C=O) groups is 2. The number of nitrogens with zero attached hydrogens (tertiary/aromatic N) is 1. The molecular formula is C23H43NO11P2S. The van der Waals surface area contributed by atoms with Gasteiger partial charge in [-0.1, -0.05) is 12.8 Å². The number of imide groups is 1. The minimum absolute atomic E-state index is 0.0139. The molecule has 2 aliphatic heterocycles. The Labute approximate surface area is 230 Å². The van der Waals surface area contributed by atoms with E-state index in [-0.39, 0.29) is 36.6 Å². The Hall–Kier alpha value is -0.270. The second-order valence-electron chi connectivity index (χ2n) is 8.89. The van der Waals surface area contributed by atoms with Crippen LogP contribution in [0.15, 0.2) is 0 Å². The number of unbranched alkanes of at least 4 members (excludes halogenated alkanes) is 3. The molecule has 2 rings (SSSR count). The Morgan fingerprint density at radius 3 is 2.53 bits per heavy atom. The van der Waals surface area contributed by atoms with Crippen molar-refractivity contribution in [1.82, 2.24) is 4.90 Å². The summed E-state index contributed by atoms with van der Waals surface area (Å²) < 4.78 is 37.1. The molecule has 2 saturated heterocycles. The maximum absolute atomic E-state index is 12.5. The number of rotatable bonds is 21. The molecule has 2 N–H and O–H groups in total. The van der Waals surface area contributed by atoms with Crippen molar-refractivity contribution >= 4 is 51.3 Å². The number of carbonyl (C=O) groups excluding carboxylic acids is 2. The maximum atomic E-state index is 12.5. The van der Waals surface area contributed by atoms with Crippen LogP contribution < -0.4 is 0 Å². The molecule has 222 valence electrons. The van der Waals surface area contributed by atoms with Gasteiger partial charge in [-0.15, -0.1) is 11.8 Å². The number of amides is 2.